The Bertz CT molecular complexity index is 359. The van der Waals surface area contributed by atoms with Gasteiger partial charge in [0.05, 0.1) is 0 Å². The maximum atomic E-state index is 3.76. The van der Waals surface area contributed by atoms with E-state index in [2.05, 4.69) is 37.9 Å². The molecule has 2 nitrogen and oxygen atoms in total. The highest BCUT2D eigenvalue weighted by molar-refractivity contribution is 5.19. The number of rotatable bonds is 2. The number of piperazine rings is 1. The number of nitrogens with zero attached hydrogens (tertiary/aromatic N) is 1. The Hall–Kier alpha value is -0.0800. The topological polar surface area (TPSA) is 15.3 Å². The van der Waals surface area contributed by atoms with Gasteiger partial charge in [0.15, 0.2) is 0 Å². The number of fused-ring (bicyclic) bond motifs is 5. The van der Waals surface area contributed by atoms with E-state index < -0.39 is 0 Å². The van der Waals surface area contributed by atoms with Crippen LogP contribution >= 0.6 is 0 Å². The number of hydrogen-bond donors (Lipinski definition) is 1. The first-order valence-electron chi connectivity index (χ1n) is 8.49. The van der Waals surface area contributed by atoms with Gasteiger partial charge in [-0.05, 0) is 62.7 Å². The van der Waals surface area contributed by atoms with Crippen molar-refractivity contribution in [1.82, 2.24) is 10.2 Å². The molecule has 1 saturated heterocycles. The predicted octanol–water partition coefficient (Wildman–Crippen LogP) is 2.74. The zero-order valence-electron chi connectivity index (χ0n) is 13.0. The van der Waals surface area contributed by atoms with Crippen molar-refractivity contribution in [3.63, 3.8) is 0 Å². The van der Waals surface area contributed by atoms with Crippen molar-refractivity contribution in [3.05, 3.63) is 0 Å². The van der Waals surface area contributed by atoms with Gasteiger partial charge in [0, 0.05) is 30.7 Å². The van der Waals surface area contributed by atoms with E-state index in [1.807, 2.05) is 0 Å². The quantitative estimate of drug-likeness (QED) is 0.823. The third-order valence-electron chi connectivity index (χ3n) is 6.64. The van der Waals surface area contributed by atoms with Crippen molar-refractivity contribution in [3.8, 4) is 0 Å². The zero-order chi connectivity index (χ0) is 13.4. The summed E-state index contributed by atoms with van der Waals surface area (Å²) in [4.78, 5) is 2.93. The summed E-state index contributed by atoms with van der Waals surface area (Å²) in [5.41, 5.74) is 0.307. The van der Waals surface area contributed by atoms with Crippen LogP contribution in [0.5, 0.6) is 0 Å². The molecular formula is C17H30N2. The van der Waals surface area contributed by atoms with E-state index >= 15 is 0 Å². The van der Waals surface area contributed by atoms with Gasteiger partial charge in [-0.25, -0.2) is 0 Å². The van der Waals surface area contributed by atoms with Crippen molar-refractivity contribution < 1.29 is 0 Å². The Morgan fingerprint density at radius 1 is 1.11 bits per heavy atom. The smallest absolute Gasteiger partial charge is 0.0253 e. The first-order chi connectivity index (χ1) is 8.98. The molecule has 3 aliphatic carbocycles. The van der Waals surface area contributed by atoms with E-state index in [0.717, 1.165) is 41.7 Å². The van der Waals surface area contributed by atoms with E-state index in [9.17, 15) is 0 Å². The lowest BCUT2D eigenvalue weighted by molar-refractivity contribution is 0.0477. The van der Waals surface area contributed by atoms with Gasteiger partial charge < -0.3 is 5.32 Å². The van der Waals surface area contributed by atoms with Gasteiger partial charge in [0.2, 0.25) is 0 Å². The van der Waals surface area contributed by atoms with Gasteiger partial charge >= 0.3 is 0 Å². The molecule has 4 rings (SSSR count). The summed E-state index contributed by atoms with van der Waals surface area (Å²) in [7, 11) is 0. The molecule has 1 aliphatic heterocycles. The minimum absolute atomic E-state index is 0.307. The van der Waals surface area contributed by atoms with Gasteiger partial charge in [-0.2, -0.15) is 0 Å². The molecule has 0 aromatic rings. The molecule has 19 heavy (non-hydrogen) atoms. The van der Waals surface area contributed by atoms with Crippen LogP contribution in [-0.2, 0) is 0 Å². The lowest BCUT2D eigenvalue weighted by Crippen LogP contribution is -2.64. The van der Waals surface area contributed by atoms with E-state index in [4.69, 9.17) is 0 Å². The highest BCUT2D eigenvalue weighted by Gasteiger charge is 2.67. The van der Waals surface area contributed by atoms with Gasteiger partial charge in [-0.3, -0.25) is 4.90 Å². The SMILES string of the molecule is CC(C)C1CNC(C)(C)CN1C1C2C3CCC(C3)C21. The van der Waals surface area contributed by atoms with E-state index in [1.54, 1.807) is 19.3 Å². The molecule has 108 valence electrons. The summed E-state index contributed by atoms with van der Waals surface area (Å²) < 4.78 is 0. The Morgan fingerprint density at radius 2 is 1.74 bits per heavy atom. The lowest BCUT2D eigenvalue weighted by atomic mass is 9.91. The lowest BCUT2D eigenvalue weighted by Gasteiger charge is -2.47. The van der Waals surface area contributed by atoms with Crippen LogP contribution in [0.1, 0.15) is 47.0 Å². The average molecular weight is 262 g/mol. The molecule has 5 atom stereocenters. The van der Waals surface area contributed by atoms with Crippen LogP contribution in [0, 0.1) is 29.6 Å². The molecule has 1 N–H and O–H groups in total. The van der Waals surface area contributed by atoms with Crippen molar-refractivity contribution in [1.29, 1.82) is 0 Å². The number of nitrogens with one attached hydrogen (secondary N) is 1. The molecule has 0 amide bonds. The van der Waals surface area contributed by atoms with Gasteiger partial charge in [-0.15, -0.1) is 0 Å². The largest absolute Gasteiger partial charge is 0.309 e. The average Bonchev–Trinajstić information content (AvgIpc) is 2.76. The van der Waals surface area contributed by atoms with Crippen LogP contribution in [0.15, 0.2) is 0 Å². The van der Waals surface area contributed by atoms with Gasteiger partial charge in [-0.1, -0.05) is 13.8 Å². The van der Waals surface area contributed by atoms with Crippen LogP contribution in [0.4, 0.5) is 0 Å². The summed E-state index contributed by atoms with van der Waals surface area (Å²) in [6.07, 6.45) is 4.67. The molecule has 1 heterocycles. The Morgan fingerprint density at radius 3 is 2.32 bits per heavy atom. The van der Waals surface area contributed by atoms with Crippen molar-refractivity contribution in [2.24, 2.45) is 29.6 Å². The van der Waals surface area contributed by atoms with Crippen molar-refractivity contribution in [2.75, 3.05) is 13.1 Å². The van der Waals surface area contributed by atoms with Crippen LogP contribution < -0.4 is 5.32 Å². The second kappa shape index (κ2) is 3.98. The second-order valence-electron chi connectivity index (χ2n) is 8.73. The molecule has 0 radical (unpaired) electrons. The summed E-state index contributed by atoms with van der Waals surface area (Å²) in [5.74, 6) is 5.17. The molecule has 0 spiro atoms. The molecule has 4 aliphatic rings. The third-order valence-corrected chi connectivity index (χ3v) is 6.64. The molecule has 0 aromatic heterocycles. The molecule has 3 saturated carbocycles. The molecule has 5 unspecified atom stereocenters. The second-order valence-corrected chi connectivity index (χ2v) is 8.73. The monoisotopic (exact) mass is 262 g/mol. The van der Waals surface area contributed by atoms with Crippen molar-refractivity contribution >= 4 is 0 Å². The highest BCUT2D eigenvalue weighted by atomic mass is 15.3. The van der Waals surface area contributed by atoms with Crippen LogP contribution in [0.3, 0.4) is 0 Å². The molecule has 2 bridgehead atoms. The van der Waals surface area contributed by atoms with Gasteiger partial charge in [0.1, 0.15) is 0 Å². The molecule has 2 heteroatoms. The van der Waals surface area contributed by atoms with Crippen LogP contribution in [-0.4, -0.2) is 35.6 Å². The van der Waals surface area contributed by atoms with Gasteiger partial charge in [0.25, 0.3) is 0 Å². The standard InChI is InChI=1S/C17H30N2/c1-10(2)13-8-18-17(3,4)9-19(13)16-14-11-5-6-12(7-11)15(14)16/h10-16,18H,5-9H2,1-4H3. The minimum atomic E-state index is 0.307. The van der Waals surface area contributed by atoms with E-state index in [-0.39, 0.29) is 0 Å². The normalized spacial score (nSPS) is 51.6. The summed E-state index contributed by atoms with van der Waals surface area (Å²) >= 11 is 0. The zero-order valence-corrected chi connectivity index (χ0v) is 13.0. The Balaban J connectivity index is 1.55. The molecule has 0 aromatic carbocycles. The van der Waals surface area contributed by atoms with E-state index in [0.29, 0.717) is 5.54 Å². The fourth-order valence-corrected chi connectivity index (χ4v) is 5.79. The maximum absolute atomic E-state index is 3.76. The number of hydrogen-bond acceptors (Lipinski definition) is 2. The third kappa shape index (κ3) is 1.82. The molecule has 4 fully saturated rings. The maximum Gasteiger partial charge on any atom is 0.0253 e. The Labute approximate surface area is 118 Å². The minimum Gasteiger partial charge on any atom is -0.309 e. The first-order valence-corrected chi connectivity index (χ1v) is 8.49. The Kier molecular flexibility index (Phi) is 2.65. The summed E-state index contributed by atoms with van der Waals surface area (Å²) in [6, 6.07) is 1.73. The van der Waals surface area contributed by atoms with Crippen LogP contribution in [0.25, 0.3) is 0 Å². The highest BCUT2D eigenvalue weighted by Crippen LogP contribution is 2.67. The summed E-state index contributed by atoms with van der Waals surface area (Å²) in [5, 5.41) is 3.76. The summed E-state index contributed by atoms with van der Waals surface area (Å²) in [6.45, 7) is 12.0. The first kappa shape index (κ1) is 12.6. The predicted molar refractivity (Wildman–Crippen MR) is 79.0 cm³/mol. The van der Waals surface area contributed by atoms with Crippen LogP contribution in [0.2, 0.25) is 0 Å². The van der Waals surface area contributed by atoms with E-state index in [1.165, 1.54) is 13.1 Å². The molecular weight excluding hydrogens is 232 g/mol. The van der Waals surface area contributed by atoms with Crippen molar-refractivity contribution in [2.45, 2.75) is 64.6 Å². The fourth-order valence-electron chi connectivity index (χ4n) is 5.79. The fraction of sp³-hybridized carbons (Fsp3) is 1.00.